The van der Waals surface area contributed by atoms with Crippen LogP contribution in [0.5, 0.6) is 17.2 Å². The van der Waals surface area contributed by atoms with Gasteiger partial charge in [0.2, 0.25) is 5.78 Å². The Bertz CT molecular complexity index is 1760. The summed E-state index contributed by atoms with van der Waals surface area (Å²) >= 11 is 0. The number of carbonyl (C=O) groups is 3. The minimum Gasteiger partial charge on any atom is -0.507 e. The van der Waals surface area contributed by atoms with Gasteiger partial charge in [-0.1, -0.05) is 24.3 Å². The Morgan fingerprint density at radius 1 is 1.09 bits per heavy atom. The van der Waals surface area contributed by atoms with E-state index < -0.39 is 82.6 Å². The van der Waals surface area contributed by atoms with Crippen LogP contribution in [-0.4, -0.2) is 75.0 Å². The van der Waals surface area contributed by atoms with Crippen molar-refractivity contribution in [3.63, 3.8) is 0 Å². The first-order chi connectivity index (χ1) is 21.8. The summed E-state index contributed by atoms with van der Waals surface area (Å²) in [4.78, 5) is 40.2. The number of hydrogen-bond acceptors (Lipinski definition) is 12. The Morgan fingerprint density at radius 3 is 2.50 bits per heavy atom. The zero-order chi connectivity index (χ0) is 33.1. The van der Waals surface area contributed by atoms with Crippen molar-refractivity contribution in [1.82, 2.24) is 5.32 Å². The molecule has 0 spiro atoms. The van der Waals surface area contributed by atoms with E-state index in [2.05, 4.69) is 5.32 Å². The number of rotatable bonds is 7. The molecule has 1 fully saturated rings. The van der Waals surface area contributed by atoms with E-state index >= 15 is 0 Å². The molecule has 1 heterocycles. The fraction of sp³-hybridized carbons (Fsp3) is 0.382. The Hall–Kier alpha value is -4.33. The number of hydrogen-bond donors (Lipinski definition) is 6. The molecule has 12 nitrogen and oxygen atoms in total. The lowest BCUT2D eigenvalue weighted by Crippen LogP contribution is -2.54. The highest BCUT2D eigenvalue weighted by atomic mass is 16.7. The molecule has 3 aromatic carbocycles. The van der Waals surface area contributed by atoms with Crippen molar-refractivity contribution >= 4 is 23.0 Å². The number of carbonyl (C=O) groups excluding carboxylic acids is 3. The number of methoxy groups -OCH3 is 1. The summed E-state index contributed by atoms with van der Waals surface area (Å²) in [6.07, 6.45) is -4.48. The van der Waals surface area contributed by atoms with E-state index in [1.165, 1.54) is 32.2 Å². The number of Topliss-reactive ketones (excluding diaryl/α,β-unsaturated/α-hetero) is 1. The maximum atomic E-state index is 13.8. The average Bonchev–Trinajstić information content (AvgIpc) is 3.01. The lowest BCUT2D eigenvalue weighted by Gasteiger charge is -2.43. The number of ketones is 3. The molecule has 6 atom stereocenters. The van der Waals surface area contributed by atoms with Crippen LogP contribution in [0.15, 0.2) is 42.5 Å². The standard InChI is InChI=1S/C34H36N2O10/c1-15-29(38)21(36-14-17-6-4-7-18(35)10-17)11-24(45-15)46-23-13-34(43,16(2)37)12-20-26(23)33(42)28-27(31(20)40)30(39)19-8-5-9-22(44-3)25(19)32(28)41/h4-10,15,21,23-24,29,36,38,40,42-43H,11-14,35H2,1-3H3/t15?,21?,23-,24?,29?,34-/m0/s1. The van der Waals surface area contributed by atoms with Crippen molar-refractivity contribution in [3.8, 4) is 17.2 Å². The van der Waals surface area contributed by atoms with Crippen molar-refractivity contribution in [1.29, 1.82) is 0 Å². The van der Waals surface area contributed by atoms with Gasteiger partial charge in [-0.25, -0.2) is 0 Å². The second kappa shape index (κ2) is 11.8. The second-order valence-corrected chi connectivity index (χ2v) is 12.2. The first kappa shape index (κ1) is 31.6. The van der Waals surface area contributed by atoms with Crippen LogP contribution in [0.25, 0.3) is 0 Å². The molecule has 3 aromatic rings. The van der Waals surface area contributed by atoms with E-state index in [-0.39, 0.29) is 40.8 Å². The van der Waals surface area contributed by atoms with Crippen LogP contribution < -0.4 is 15.8 Å². The molecule has 7 N–H and O–H groups in total. The molecule has 0 radical (unpaired) electrons. The number of phenolic OH excluding ortho intramolecular Hbond substituents is 2. The summed E-state index contributed by atoms with van der Waals surface area (Å²) in [5.41, 5.74) is 4.34. The largest absolute Gasteiger partial charge is 0.507 e. The number of anilines is 1. The fourth-order valence-electron chi connectivity index (χ4n) is 6.78. The smallest absolute Gasteiger partial charge is 0.202 e. The number of nitrogen functional groups attached to an aromatic ring is 1. The molecular weight excluding hydrogens is 596 g/mol. The number of fused-ring (bicyclic) bond motifs is 3. The normalized spacial score (nSPS) is 27.0. The van der Waals surface area contributed by atoms with Gasteiger partial charge in [0.05, 0.1) is 42.1 Å². The Balaban J connectivity index is 1.38. The van der Waals surface area contributed by atoms with Crippen molar-refractivity contribution in [2.45, 2.75) is 75.9 Å². The molecule has 6 rings (SSSR count). The maximum Gasteiger partial charge on any atom is 0.202 e. The van der Waals surface area contributed by atoms with Gasteiger partial charge in [0, 0.05) is 54.2 Å². The summed E-state index contributed by atoms with van der Waals surface area (Å²) in [7, 11) is 1.35. The molecule has 0 bridgehead atoms. The molecule has 242 valence electrons. The third-order valence-electron chi connectivity index (χ3n) is 9.27. The molecule has 1 saturated heterocycles. The van der Waals surface area contributed by atoms with Crippen LogP contribution in [0.2, 0.25) is 0 Å². The van der Waals surface area contributed by atoms with E-state index in [9.17, 15) is 34.8 Å². The molecule has 1 aliphatic heterocycles. The minimum atomic E-state index is -2.02. The van der Waals surface area contributed by atoms with Crippen molar-refractivity contribution in [3.05, 3.63) is 81.4 Å². The SMILES string of the molecule is COc1cccc2c1C(=O)c1c(O)c3c(c(O)c1C2=O)C[C@@](O)(C(C)=O)C[C@@H]3OC1CC(NCc2cccc(N)c2)C(O)C(C)O1. The van der Waals surface area contributed by atoms with E-state index in [0.29, 0.717) is 12.2 Å². The van der Waals surface area contributed by atoms with Crippen LogP contribution in [0.3, 0.4) is 0 Å². The third-order valence-corrected chi connectivity index (χ3v) is 9.27. The van der Waals surface area contributed by atoms with Gasteiger partial charge in [-0.15, -0.1) is 0 Å². The fourth-order valence-corrected chi connectivity index (χ4v) is 6.78. The minimum absolute atomic E-state index is 0.0168. The van der Waals surface area contributed by atoms with Crippen LogP contribution >= 0.6 is 0 Å². The summed E-state index contributed by atoms with van der Waals surface area (Å²) < 4.78 is 17.6. The molecule has 12 heteroatoms. The molecule has 0 aromatic heterocycles. The number of aliphatic hydroxyl groups excluding tert-OH is 1. The number of nitrogens with one attached hydrogen (secondary N) is 1. The summed E-state index contributed by atoms with van der Waals surface area (Å²) in [6.45, 7) is 3.26. The van der Waals surface area contributed by atoms with Crippen LogP contribution in [0.4, 0.5) is 5.69 Å². The van der Waals surface area contributed by atoms with Gasteiger partial charge in [0.25, 0.3) is 0 Å². The van der Waals surface area contributed by atoms with Gasteiger partial charge < -0.3 is 45.7 Å². The van der Waals surface area contributed by atoms with Gasteiger partial charge in [0.15, 0.2) is 17.9 Å². The summed E-state index contributed by atoms with van der Waals surface area (Å²) in [6, 6.07) is 11.3. The quantitative estimate of drug-likeness (QED) is 0.129. The lowest BCUT2D eigenvalue weighted by atomic mass is 9.72. The van der Waals surface area contributed by atoms with E-state index in [0.717, 1.165) is 5.56 Å². The van der Waals surface area contributed by atoms with E-state index in [1.807, 2.05) is 18.2 Å². The summed E-state index contributed by atoms with van der Waals surface area (Å²) in [5, 5.41) is 48.9. The van der Waals surface area contributed by atoms with Gasteiger partial charge >= 0.3 is 0 Å². The zero-order valence-electron chi connectivity index (χ0n) is 25.6. The topological polar surface area (TPSA) is 198 Å². The zero-order valence-corrected chi connectivity index (χ0v) is 25.6. The lowest BCUT2D eigenvalue weighted by molar-refractivity contribution is -0.249. The highest BCUT2D eigenvalue weighted by Gasteiger charge is 2.49. The Morgan fingerprint density at radius 2 is 1.80 bits per heavy atom. The van der Waals surface area contributed by atoms with Gasteiger partial charge in [-0.2, -0.15) is 0 Å². The molecule has 46 heavy (non-hydrogen) atoms. The molecular formula is C34H36N2O10. The van der Waals surface area contributed by atoms with Crippen LogP contribution in [0.1, 0.15) is 81.3 Å². The Labute approximate surface area is 264 Å². The number of aliphatic hydroxyl groups is 2. The summed E-state index contributed by atoms with van der Waals surface area (Å²) in [5.74, 6) is -3.18. The van der Waals surface area contributed by atoms with Gasteiger partial charge in [0.1, 0.15) is 22.8 Å². The highest BCUT2D eigenvalue weighted by molar-refractivity contribution is 6.31. The first-order valence-electron chi connectivity index (χ1n) is 15.0. The molecule has 3 aliphatic rings. The second-order valence-electron chi connectivity index (χ2n) is 12.2. The number of ether oxygens (including phenoxy) is 3. The van der Waals surface area contributed by atoms with E-state index in [1.54, 1.807) is 13.0 Å². The molecule has 2 aliphatic carbocycles. The van der Waals surface area contributed by atoms with Gasteiger partial charge in [-0.05, 0) is 37.6 Å². The molecule has 0 amide bonds. The highest BCUT2D eigenvalue weighted by Crippen LogP contribution is 2.52. The number of benzene rings is 3. The van der Waals surface area contributed by atoms with Crippen molar-refractivity contribution in [2.75, 3.05) is 12.8 Å². The van der Waals surface area contributed by atoms with Crippen molar-refractivity contribution < 1.29 is 49.0 Å². The number of nitrogens with two attached hydrogens (primary N) is 1. The molecule has 4 unspecified atom stereocenters. The number of aromatic hydroxyl groups is 2. The van der Waals surface area contributed by atoms with Crippen molar-refractivity contribution in [2.24, 2.45) is 0 Å². The predicted octanol–water partition coefficient (Wildman–Crippen LogP) is 2.44. The Kier molecular flexibility index (Phi) is 8.11. The van der Waals surface area contributed by atoms with E-state index in [4.69, 9.17) is 19.9 Å². The average molecular weight is 633 g/mol. The molecule has 0 saturated carbocycles. The maximum absolute atomic E-state index is 13.8. The first-order valence-corrected chi connectivity index (χ1v) is 15.0. The van der Waals surface area contributed by atoms with Gasteiger partial charge in [-0.3, -0.25) is 14.4 Å². The van der Waals surface area contributed by atoms with Crippen LogP contribution in [0, 0.1) is 0 Å². The van der Waals surface area contributed by atoms with Crippen LogP contribution in [-0.2, 0) is 27.2 Å². The third kappa shape index (κ3) is 5.21. The predicted molar refractivity (Wildman–Crippen MR) is 164 cm³/mol. The number of phenols is 2. The monoisotopic (exact) mass is 632 g/mol.